The molecule has 13 nitrogen and oxygen atoms in total. The lowest BCUT2D eigenvalue weighted by atomic mass is 10.1. The van der Waals surface area contributed by atoms with Crippen molar-refractivity contribution in [1.82, 2.24) is 20.2 Å². The van der Waals surface area contributed by atoms with E-state index in [0.29, 0.717) is 36.0 Å². The predicted octanol–water partition coefficient (Wildman–Crippen LogP) is 0.616. The van der Waals surface area contributed by atoms with Gasteiger partial charge in [-0.2, -0.15) is 0 Å². The number of esters is 1. The largest absolute Gasteiger partial charge is 0.464 e. The van der Waals surface area contributed by atoms with E-state index in [1.807, 2.05) is 0 Å². The minimum Gasteiger partial charge on any atom is -0.464 e. The number of carbonyl (C=O) groups is 6. The lowest BCUT2D eigenvalue weighted by Crippen LogP contribution is -2.58. The van der Waals surface area contributed by atoms with E-state index in [4.69, 9.17) is 14.3 Å². The molecule has 2 saturated heterocycles. The molecule has 0 bridgehead atoms. The lowest BCUT2D eigenvalue weighted by Gasteiger charge is -2.40. The van der Waals surface area contributed by atoms with Crippen LogP contribution in [0.15, 0.2) is 0 Å². The van der Waals surface area contributed by atoms with Gasteiger partial charge in [-0.25, -0.2) is 9.59 Å². The van der Waals surface area contributed by atoms with Crippen molar-refractivity contribution in [3.05, 3.63) is 0 Å². The smallest absolute Gasteiger partial charge is 0.407 e. The molecule has 0 aromatic rings. The number of hydroxylamine groups is 2. The normalized spacial score (nSPS) is 25.7. The van der Waals surface area contributed by atoms with Crippen molar-refractivity contribution in [2.24, 2.45) is 17.8 Å². The van der Waals surface area contributed by atoms with Crippen LogP contribution in [0.4, 0.5) is 4.79 Å². The summed E-state index contributed by atoms with van der Waals surface area (Å²) in [5.74, 6) is 5.30. The highest BCUT2D eigenvalue weighted by Crippen LogP contribution is 2.52. The van der Waals surface area contributed by atoms with E-state index >= 15 is 0 Å². The zero-order valence-corrected chi connectivity index (χ0v) is 23.4. The van der Waals surface area contributed by atoms with Crippen LogP contribution in [-0.2, 0) is 38.3 Å². The first-order chi connectivity index (χ1) is 19.8. The van der Waals surface area contributed by atoms with E-state index in [0.717, 1.165) is 25.7 Å². The minimum absolute atomic E-state index is 0.00758. The predicted molar refractivity (Wildman–Crippen MR) is 141 cm³/mol. The fourth-order valence-electron chi connectivity index (χ4n) is 5.67. The topological polar surface area (TPSA) is 152 Å². The van der Waals surface area contributed by atoms with Gasteiger partial charge in [0.1, 0.15) is 6.61 Å². The molecule has 41 heavy (non-hydrogen) atoms. The average Bonchev–Trinajstić information content (AvgIpc) is 3.49. The lowest BCUT2D eigenvalue weighted by molar-refractivity contribution is -0.199. The number of amides is 4. The molecule has 0 spiro atoms. The van der Waals surface area contributed by atoms with Gasteiger partial charge in [0.15, 0.2) is 0 Å². The Morgan fingerprint density at radius 3 is 2.27 bits per heavy atom. The van der Waals surface area contributed by atoms with E-state index in [-0.39, 0.29) is 64.4 Å². The van der Waals surface area contributed by atoms with E-state index in [1.54, 1.807) is 16.7 Å². The molecule has 1 N–H and O–H groups in total. The van der Waals surface area contributed by atoms with Gasteiger partial charge in [0, 0.05) is 64.7 Å². The van der Waals surface area contributed by atoms with Gasteiger partial charge in [0.25, 0.3) is 11.8 Å². The first-order valence-corrected chi connectivity index (χ1v) is 14.4. The molecule has 2 unspecified atom stereocenters. The quantitative estimate of drug-likeness (QED) is 0.211. The van der Waals surface area contributed by atoms with Crippen molar-refractivity contribution in [1.29, 1.82) is 0 Å². The Morgan fingerprint density at radius 1 is 0.927 bits per heavy atom. The minimum atomic E-state index is -0.798. The summed E-state index contributed by atoms with van der Waals surface area (Å²) >= 11 is 0. The van der Waals surface area contributed by atoms with Gasteiger partial charge >= 0.3 is 18.0 Å². The number of ether oxygens (including phenoxy) is 2. The van der Waals surface area contributed by atoms with Crippen molar-refractivity contribution in [2.75, 3.05) is 45.9 Å². The van der Waals surface area contributed by atoms with Crippen LogP contribution >= 0.6 is 0 Å². The number of nitrogens with zero attached hydrogens (tertiary/aromatic N) is 3. The Hall–Kier alpha value is -3.66. The number of rotatable bonds is 11. The van der Waals surface area contributed by atoms with Crippen LogP contribution in [0, 0.1) is 29.6 Å². The Morgan fingerprint density at radius 2 is 1.61 bits per heavy atom. The van der Waals surface area contributed by atoms with Crippen LogP contribution in [0.5, 0.6) is 0 Å². The van der Waals surface area contributed by atoms with Crippen LogP contribution in [-0.4, -0.2) is 103 Å². The second kappa shape index (κ2) is 14.3. The van der Waals surface area contributed by atoms with Gasteiger partial charge in [0.2, 0.25) is 5.91 Å². The number of fused-ring (bicyclic) bond motifs is 1. The van der Waals surface area contributed by atoms with Crippen LogP contribution in [0.3, 0.4) is 0 Å². The molecule has 3 fully saturated rings. The maximum Gasteiger partial charge on any atom is 0.407 e. The zero-order valence-electron chi connectivity index (χ0n) is 23.4. The zero-order chi connectivity index (χ0) is 29.4. The van der Waals surface area contributed by atoms with Crippen molar-refractivity contribution in [2.45, 2.75) is 64.3 Å². The SMILES string of the molecule is CCC(=O)OCC1CN(C(=O)CCNC(=O)OCC2[C@H]3CCC#CCC[C@@H]23)CCN1CC(=O)ON1C(=O)CCC1=O. The first-order valence-electron chi connectivity index (χ1n) is 14.4. The Bertz CT molecular complexity index is 1070. The highest BCUT2D eigenvalue weighted by Gasteiger charge is 2.49. The fourth-order valence-corrected chi connectivity index (χ4v) is 5.67. The molecule has 13 heteroatoms. The Kier molecular flexibility index (Phi) is 10.6. The third kappa shape index (κ3) is 8.42. The number of alkyl carbamates (subject to hydrolysis) is 1. The molecular weight excluding hydrogens is 536 g/mol. The number of nitrogens with one attached hydrogen (secondary N) is 1. The molecule has 4 atom stereocenters. The van der Waals surface area contributed by atoms with Crippen LogP contribution in [0.1, 0.15) is 58.3 Å². The monoisotopic (exact) mass is 574 g/mol. The summed E-state index contributed by atoms with van der Waals surface area (Å²) in [6.07, 6.45) is 3.56. The summed E-state index contributed by atoms with van der Waals surface area (Å²) < 4.78 is 10.7. The molecule has 4 rings (SSSR count). The van der Waals surface area contributed by atoms with Crippen molar-refractivity contribution < 1.29 is 43.1 Å². The molecule has 4 aliphatic rings. The third-order valence-corrected chi connectivity index (χ3v) is 8.07. The summed E-state index contributed by atoms with van der Waals surface area (Å²) in [5, 5.41) is 3.13. The van der Waals surface area contributed by atoms with E-state index in [9.17, 15) is 28.8 Å². The molecule has 0 aromatic heterocycles. The molecule has 0 aromatic carbocycles. The summed E-state index contributed by atoms with van der Waals surface area (Å²) in [5.41, 5.74) is 0. The summed E-state index contributed by atoms with van der Waals surface area (Å²) in [6, 6.07) is -0.500. The third-order valence-electron chi connectivity index (χ3n) is 8.07. The van der Waals surface area contributed by atoms with Gasteiger partial charge in [-0.1, -0.05) is 6.92 Å². The highest BCUT2D eigenvalue weighted by molar-refractivity contribution is 6.01. The number of hydrogen-bond donors (Lipinski definition) is 1. The second-order valence-corrected chi connectivity index (χ2v) is 10.7. The Labute approximate surface area is 239 Å². The maximum atomic E-state index is 12.9. The number of hydrogen-bond acceptors (Lipinski definition) is 10. The number of carbonyl (C=O) groups excluding carboxylic acids is 6. The van der Waals surface area contributed by atoms with Gasteiger partial charge < -0.3 is 24.5 Å². The molecule has 4 amide bonds. The molecule has 0 radical (unpaired) electrons. The van der Waals surface area contributed by atoms with Crippen LogP contribution < -0.4 is 5.32 Å². The average molecular weight is 575 g/mol. The van der Waals surface area contributed by atoms with Crippen LogP contribution in [0.25, 0.3) is 0 Å². The van der Waals surface area contributed by atoms with E-state index < -0.39 is 35.9 Å². The summed E-state index contributed by atoms with van der Waals surface area (Å²) in [6.45, 7) is 2.60. The second-order valence-electron chi connectivity index (χ2n) is 10.7. The fraction of sp³-hybridized carbons (Fsp3) is 0.714. The number of imide groups is 1. The molecule has 1 saturated carbocycles. The van der Waals surface area contributed by atoms with E-state index in [2.05, 4.69) is 17.2 Å². The molecule has 2 heterocycles. The molecule has 2 aliphatic carbocycles. The first kappa shape index (κ1) is 30.3. The number of piperazine rings is 1. The van der Waals surface area contributed by atoms with Crippen molar-refractivity contribution in [3.8, 4) is 11.8 Å². The molecule has 2 aliphatic heterocycles. The summed E-state index contributed by atoms with van der Waals surface area (Å²) in [7, 11) is 0. The van der Waals surface area contributed by atoms with E-state index in [1.165, 1.54) is 0 Å². The summed E-state index contributed by atoms with van der Waals surface area (Å²) in [4.78, 5) is 81.1. The van der Waals surface area contributed by atoms with Gasteiger partial charge in [-0.3, -0.25) is 24.1 Å². The molecular formula is C28H38N4O9. The van der Waals surface area contributed by atoms with Gasteiger partial charge in [-0.05, 0) is 30.6 Å². The van der Waals surface area contributed by atoms with Gasteiger partial charge in [0.05, 0.1) is 19.2 Å². The van der Waals surface area contributed by atoms with Crippen molar-refractivity contribution >= 4 is 35.8 Å². The molecule has 224 valence electrons. The maximum absolute atomic E-state index is 12.9. The Balaban J connectivity index is 1.19. The highest BCUT2D eigenvalue weighted by atomic mass is 16.7. The standard InChI is InChI=1S/C28H38N4O9/c1-2-26(36)39-17-19-15-31(14-13-30(19)16-27(37)41-32-24(34)9-10-25(32)35)23(33)11-12-29-28(38)40-18-22-20-7-5-3-4-6-8-21(20)22/h19-22H,2,5-18H2,1H3,(H,29,38)/t19?,20-,21+,22?. The van der Waals surface area contributed by atoms with Crippen LogP contribution in [0.2, 0.25) is 0 Å². The van der Waals surface area contributed by atoms with Gasteiger partial charge in [-0.15, -0.1) is 16.9 Å². The van der Waals surface area contributed by atoms with Crippen molar-refractivity contribution in [3.63, 3.8) is 0 Å².